The van der Waals surface area contributed by atoms with E-state index in [9.17, 15) is 0 Å². The summed E-state index contributed by atoms with van der Waals surface area (Å²) in [5.74, 6) is 0.977. The van der Waals surface area contributed by atoms with Gasteiger partial charge in [-0.3, -0.25) is 0 Å². The summed E-state index contributed by atoms with van der Waals surface area (Å²) in [6.07, 6.45) is 0. The molecule has 142 valence electrons. The molecule has 0 aromatic heterocycles. The molecule has 0 aliphatic heterocycles. The van der Waals surface area contributed by atoms with Gasteiger partial charge in [0.15, 0.2) is 0 Å². The minimum absolute atomic E-state index is 0.437. The molecule has 2 aromatic rings. The maximum Gasteiger partial charge on any atom is 0.0377 e. The zero-order valence-corrected chi connectivity index (χ0v) is 17.8. The predicted molar refractivity (Wildman–Crippen MR) is 118 cm³/mol. The van der Waals surface area contributed by atoms with Crippen molar-refractivity contribution in [3.8, 4) is 11.1 Å². The van der Waals surface area contributed by atoms with E-state index in [2.05, 4.69) is 102 Å². The van der Waals surface area contributed by atoms with E-state index in [-0.39, 0.29) is 0 Å². The molecule has 0 amide bonds. The van der Waals surface area contributed by atoms with Crippen LogP contribution >= 0.6 is 0 Å². The second-order valence-electron chi connectivity index (χ2n) is 8.51. The number of anilines is 2. The molecule has 0 heterocycles. The van der Waals surface area contributed by atoms with Gasteiger partial charge >= 0.3 is 0 Å². The van der Waals surface area contributed by atoms with Gasteiger partial charge in [0.05, 0.1) is 0 Å². The average molecular weight is 353 g/mol. The van der Waals surface area contributed by atoms with Crippen molar-refractivity contribution in [2.45, 2.75) is 79.3 Å². The normalized spacial score (nSPS) is 11.7. The molecule has 0 atom stereocenters. The fourth-order valence-electron chi connectivity index (χ4n) is 3.32. The van der Waals surface area contributed by atoms with Crippen molar-refractivity contribution >= 4 is 11.4 Å². The Morgan fingerprint density at radius 2 is 0.885 bits per heavy atom. The van der Waals surface area contributed by atoms with Gasteiger partial charge in [-0.05, 0) is 86.1 Å². The van der Waals surface area contributed by atoms with Gasteiger partial charge in [-0.25, -0.2) is 0 Å². The lowest BCUT2D eigenvalue weighted by Crippen LogP contribution is -2.12. The zero-order valence-electron chi connectivity index (χ0n) is 17.8. The molecule has 0 aliphatic rings. The SMILES string of the molecule is CC(C)Nc1ccc(-c2ccc(NC(C)C)c(C(C)C)c2)cc1C(C)C. The third kappa shape index (κ3) is 5.03. The summed E-state index contributed by atoms with van der Waals surface area (Å²) < 4.78 is 0. The maximum atomic E-state index is 3.58. The summed E-state index contributed by atoms with van der Waals surface area (Å²) in [6, 6.07) is 14.5. The van der Waals surface area contributed by atoms with E-state index in [4.69, 9.17) is 0 Å². The number of hydrogen-bond acceptors (Lipinski definition) is 2. The molecule has 2 heteroatoms. The molecule has 0 unspecified atom stereocenters. The lowest BCUT2D eigenvalue weighted by atomic mass is 9.92. The standard InChI is InChI=1S/C24H36N2/c1-15(2)21-13-19(9-11-23(21)25-17(5)6)20-10-12-24(26-18(7)8)22(14-20)16(3)4/h9-18,25-26H,1-8H3. The lowest BCUT2D eigenvalue weighted by Gasteiger charge is -2.20. The molecule has 0 saturated heterocycles. The van der Waals surface area contributed by atoms with Crippen molar-refractivity contribution < 1.29 is 0 Å². The Balaban J connectivity index is 2.47. The first-order valence-electron chi connectivity index (χ1n) is 10.00. The highest BCUT2D eigenvalue weighted by molar-refractivity contribution is 5.72. The van der Waals surface area contributed by atoms with Gasteiger partial charge in [-0.15, -0.1) is 0 Å². The molecule has 2 N–H and O–H groups in total. The summed E-state index contributed by atoms with van der Waals surface area (Å²) in [7, 11) is 0. The first-order valence-corrected chi connectivity index (χ1v) is 10.00. The van der Waals surface area contributed by atoms with Crippen LogP contribution in [0.4, 0.5) is 11.4 Å². The fraction of sp³-hybridized carbons (Fsp3) is 0.500. The predicted octanol–water partition coefficient (Wildman–Crippen LogP) is 7.24. The Labute approximate surface area is 160 Å². The molecule has 0 fully saturated rings. The second-order valence-corrected chi connectivity index (χ2v) is 8.51. The molecule has 2 aromatic carbocycles. The molecule has 26 heavy (non-hydrogen) atoms. The fourth-order valence-corrected chi connectivity index (χ4v) is 3.32. The van der Waals surface area contributed by atoms with E-state index < -0.39 is 0 Å². The Hall–Kier alpha value is -1.96. The number of benzene rings is 2. The van der Waals surface area contributed by atoms with Crippen LogP contribution in [-0.2, 0) is 0 Å². The Bertz CT molecular complexity index is 663. The van der Waals surface area contributed by atoms with E-state index in [1.54, 1.807) is 0 Å². The monoisotopic (exact) mass is 352 g/mol. The van der Waals surface area contributed by atoms with Crippen LogP contribution in [0.2, 0.25) is 0 Å². The Morgan fingerprint density at radius 1 is 0.538 bits per heavy atom. The summed E-state index contributed by atoms with van der Waals surface area (Å²) in [4.78, 5) is 0. The molecule has 0 aliphatic carbocycles. The highest BCUT2D eigenvalue weighted by Gasteiger charge is 2.13. The summed E-state index contributed by atoms with van der Waals surface area (Å²) in [5, 5.41) is 7.17. The molecule has 0 spiro atoms. The van der Waals surface area contributed by atoms with Crippen molar-refractivity contribution in [2.24, 2.45) is 0 Å². The number of rotatable bonds is 7. The average Bonchev–Trinajstić information content (AvgIpc) is 2.54. The minimum Gasteiger partial charge on any atom is -0.383 e. The van der Waals surface area contributed by atoms with Crippen LogP contribution in [0.3, 0.4) is 0 Å². The van der Waals surface area contributed by atoms with E-state index in [1.165, 1.54) is 33.6 Å². The highest BCUT2D eigenvalue weighted by atomic mass is 14.9. The van der Waals surface area contributed by atoms with Gasteiger partial charge in [0.25, 0.3) is 0 Å². The van der Waals surface area contributed by atoms with E-state index in [0.717, 1.165) is 0 Å². The Morgan fingerprint density at radius 3 is 1.15 bits per heavy atom. The van der Waals surface area contributed by atoms with E-state index >= 15 is 0 Å². The summed E-state index contributed by atoms with van der Waals surface area (Å²) in [5.41, 5.74) is 7.85. The lowest BCUT2D eigenvalue weighted by molar-refractivity contribution is 0.845. The quantitative estimate of drug-likeness (QED) is 0.548. The third-order valence-electron chi connectivity index (χ3n) is 4.57. The van der Waals surface area contributed by atoms with Gasteiger partial charge < -0.3 is 10.6 Å². The van der Waals surface area contributed by atoms with Crippen LogP contribution in [0.5, 0.6) is 0 Å². The van der Waals surface area contributed by atoms with Crippen molar-refractivity contribution in [3.63, 3.8) is 0 Å². The molecule has 2 rings (SSSR count). The number of nitrogens with one attached hydrogen (secondary N) is 2. The topological polar surface area (TPSA) is 24.1 Å². The van der Waals surface area contributed by atoms with Gasteiger partial charge in [-0.2, -0.15) is 0 Å². The molecule has 0 saturated carbocycles. The van der Waals surface area contributed by atoms with Gasteiger partial charge in [0.2, 0.25) is 0 Å². The molecule has 0 bridgehead atoms. The van der Waals surface area contributed by atoms with Crippen LogP contribution in [0.1, 0.15) is 78.4 Å². The van der Waals surface area contributed by atoms with Crippen LogP contribution < -0.4 is 10.6 Å². The smallest absolute Gasteiger partial charge is 0.0377 e. The van der Waals surface area contributed by atoms with Crippen molar-refractivity contribution in [1.29, 1.82) is 0 Å². The second kappa shape index (κ2) is 8.62. The molecule has 0 radical (unpaired) electrons. The van der Waals surface area contributed by atoms with Gasteiger partial charge in [0.1, 0.15) is 0 Å². The van der Waals surface area contributed by atoms with Gasteiger partial charge in [-0.1, -0.05) is 39.8 Å². The Kier molecular flexibility index (Phi) is 6.75. The molecular weight excluding hydrogens is 316 g/mol. The third-order valence-corrected chi connectivity index (χ3v) is 4.57. The van der Waals surface area contributed by atoms with Crippen LogP contribution in [0.15, 0.2) is 36.4 Å². The van der Waals surface area contributed by atoms with Crippen LogP contribution in [0, 0.1) is 0 Å². The first kappa shape index (κ1) is 20.4. The highest BCUT2D eigenvalue weighted by Crippen LogP contribution is 2.34. The molecular formula is C24H36N2. The van der Waals surface area contributed by atoms with Crippen LogP contribution in [0.25, 0.3) is 11.1 Å². The van der Waals surface area contributed by atoms with Crippen molar-refractivity contribution in [2.75, 3.05) is 10.6 Å². The van der Waals surface area contributed by atoms with E-state index in [1.807, 2.05) is 0 Å². The summed E-state index contributed by atoms with van der Waals surface area (Å²) in [6.45, 7) is 17.8. The first-order chi connectivity index (χ1) is 12.2. The minimum atomic E-state index is 0.437. The largest absolute Gasteiger partial charge is 0.383 e. The summed E-state index contributed by atoms with van der Waals surface area (Å²) >= 11 is 0. The van der Waals surface area contributed by atoms with Crippen molar-refractivity contribution in [1.82, 2.24) is 0 Å². The van der Waals surface area contributed by atoms with E-state index in [0.29, 0.717) is 23.9 Å². The van der Waals surface area contributed by atoms with Crippen molar-refractivity contribution in [3.05, 3.63) is 47.5 Å². The molecule has 2 nitrogen and oxygen atoms in total. The van der Waals surface area contributed by atoms with Gasteiger partial charge in [0, 0.05) is 23.5 Å². The van der Waals surface area contributed by atoms with Crippen LogP contribution in [-0.4, -0.2) is 12.1 Å². The maximum absolute atomic E-state index is 3.58. The zero-order chi connectivity index (χ0) is 19.4. The number of hydrogen-bond donors (Lipinski definition) is 2.